The lowest BCUT2D eigenvalue weighted by molar-refractivity contribution is -0.128. The Morgan fingerprint density at radius 1 is 1.12 bits per heavy atom. The van der Waals surface area contributed by atoms with Crippen molar-refractivity contribution in [3.8, 4) is 0 Å². The third-order valence-corrected chi connectivity index (χ3v) is 7.06. The molecule has 1 amide bonds. The van der Waals surface area contributed by atoms with E-state index in [1.165, 1.54) is 18.6 Å². The summed E-state index contributed by atoms with van der Waals surface area (Å²) in [5.74, 6) is -0.275. The Kier molecular flexibility index (Phi) is 9.07. The number of amides is 1. The van der Waals surface area contributed by atoms with Gasteiger partial charge in [0.2, 0.25) is 0 Å². The first-order chi connectivity index (χ1) is 16.6. The van der Waals surface area contributed by atoms with Gasteiger partial charge in [-0.05, 0) is 56.2 Å². The molecule has 186 valence electrons. The van der Waals surface area contributed by atoms with E-state index in [1.54, 1.807) is 12.1 Å². The largest absolute Gasteiger partial charge is 0.394 e. The van der Waals surface area contributed by atoms with Gasteiger partial charge >= 0.3 is 0 Å². The molecule has 3 fully saturated rings. The van der Waals surface area contributed by atoms with Gasteiger partial charge in [-0.2, -0.15) is 0 Å². The van der Waals surface area contributed by atoms with E-state index < -0.39 is 0 Å². The molecular weight excluding hydrogens is 433 g/mol. The number of carbonyl (C=O) groups is 1. The summed E-state index contributed by atoms with van der Waals surface area (Å²) >= 11 is 0. The number of likely N-dealkylation sites (tertiary alicyclic amines) is 1. The minimum Gasteiger partial charge on any atom is -0.394 e. The van der Waals surface area contributed by atoms with E-state index in [4.69, 9.17) is 15.5 Å². The maximum absolute atomic E-state index is 13.2. The van der Waals surface area contributed by atoms with Crippen molar-refractivity contribution in [3.05, 3.63) is 46.9 Å². The normalized spacial score (nSPS) is 24.9. The van der Waals surface area contributed by atoms with Crippen molar-refractivity contribution in [1.29, 1.82) is 0 Å². The van der Waals surface area contributed by atoms with Crippen molar-refractivity contribution in [3.63, 3.8) is 0 Å². The van der Waals surface area contributed by atoms with E-state index in [-0.39, 0.29) is 17.8 Å². The number of aliphatic imine (C=N–C) groups is 1. The van der Waals surface area contributed by atoms with E-state index in [2.05, 4.69) is 10.2 Å². The highest BCUT2D eigenvalue weighted by Crippen LogP contribution is 2.25. The molecule has 1 saturated carbocycles. The van der Waals surface area contributed by atoms with Gasteiger partial charge in [-0.25, -0.2) is 4.39 Å². The van der Waals surface area contributed by atoms with Crippen LogP contribution in [0.4, 0.5) is 4.39 Å². The Morgan fingerprint density at radius 3 is 2.59 bits per heavy atom. The Balaban J connectivity index is 1.44. The number of nitrogens with one attached hydrogen (secondary N) is 1. The molecule has 3 aliphatic rings. The molecule has 2 saturated heterocycles. The lowest BCUT2D eigenvalue weighted by Gasteiger charge is -2.31. The predicted molar refractivity (Wildman–Crippen MR) is 132 cm³/mol. The van der Waals surface area contributed by atoms with Crippen LogP contribution in [0.2, 0.25) is 0 Å². The van der Waals surface area contributed by atoms with Gasteiger partial charge in [0, 0.05) is 56.6 Å². The maximum Gasteiger partial charge on any atom is 0.270 e. The van der Waals surface area contributed by atoms with Crippen LogP contribution in [0, 0.1) is 5.82 Å². The summed E-state index contributed by atoms with van der Waals surface area (Å²) in [6, 6.07) is 6.77. The molecule has 0 spiro atoms. The van der Waals surface area contributed by atoms with Crippen LogP contribution in [0.25, 0.3) is 0 Å². The van der Waals surface area contributed by atoms with Crippen LogP contribution in [-0.2, 0) is 16.1 Å². The summed E-state index contributed by atoms with van der Waals surface area (Å²) in [5, 5.41) is 3.57. The Hall–Kier alpha value is -2.29. The van der Waals surface area contributed by atoms with E-state index in [0.717, 1.165) is 88.5 Å². The van der Waals surface area contributed by atoms with Crippen molar-refractivity contribution < 1.29 is 13.9 Å². The number of morpholine rings is 1. The molecule has 34 heavy (non-hydrogen) atoms. The van der Waals surface area contributed by atoms with Gasteiger partial charge in [0.1, 0.15) is 11.5 Å². The summed E-state index contributed by atoms with van der Waals surface area (Å²) in [5.41, 5.74) is 9.81. The van der Waals surface area contributed by atoms with Gasteiger partial charge in [-0.1, -0.05) is 12.1 Å². The average molecular weight is 472 g/mol. The minimum atomic E-state index is -0.228. The number of halogens is 1. The van der Waals surface area contributed by atoms with E-state index in [9.17, 15) is 9.18 Å². The molecule has 1 aromatic carbocycles. The number of nitrogens with zero attached hydrogens (tertiary/aromatic N) is 3. The molecule has 4 rings (SSSR count). The number of benzene rings is 1. The summed E-state index contributed by atoms with van der Waals surface area (Å²) < 4.78 is 18.6. The van der Waals surface area contributed by atoms with Crippen LogP contribution in [0.15, 0.2) is 40.5 Å². The number of ether oxygens (including phenoxy) is 1. The maximum atomic E-state index is 13.2. The van der Waals surface area contributed by atoms with Gasteiger partial charge < -0.3 is 20.7 Å². The van der Waals surface area contributed by atoms with Crippen LogP contribution >= 0.6 is 0 Å². The van der Waals surface area contributed by atoms with Crippen LogP contribution < -0.4 is 11.1 Å². The number of hydrogen-bond donors (Lipinski definition) is 2. The molecule has 1 aromatic rings. The van der Waals surface area contributed by atoms with Crippen molar-refractivity contribution in [2.45, 2.75) is 51.1 Å². The highest BCUT2D eigenvalue weighted by Gasteiger charge is 2.28. The van der Waals surface area contributed by atoms with E-state index in [0.29, 0.717) is 25.2 Å². The average Bonchev–Trinajstić information content (AvgIpc) is 2.89. The number of piperidine rings is 1. The molecule has 1 aliphatic carbocycles. The van der Waals surface area contributed by atoms with Crippen LogP contribution in [0.3, 0.4) is 0 Å². The number of rotatable bonds is 7. The molecule has 0 aromatic heterocycles. The highest BCUT2D eigenvalue weighted by atomic mass is 19.1. The third kappa shape index (κ3) is 6.87. The molecular formula is C26H38FN5O2. The highest BCUT2D eigenvalue weighted by molar-refractivity contribution is 6.08. The summed E-state index contributed by atoms with van der Waals surface area (Å²) in [6.45, 7) is 7.26. The second-order valence-electron chi connectivity index (χ2n) is 9.47. The minimum absolute atomic E-state index is 0.0465. The number of carbonyl (C=O) groups excluding carboxylic acids is 1. The Morgan fingerprint density at radius 2 is 1.85 bits per heavy atom. The van der Waals surface area contributed by atoms with Gasteiger partial charge in [0.15, 0.2) is 0 Å². The second kappa shape index (κ2) is 12.4. The lowest BCUT2D eigenvalue weighted by atomic mass is 9.87. The number of hydrogen-bond acceptors (Lipinski definition) is 6. The van der Waals surface area contributed by atoms with Crippen LogP contribution in [-0.4, -0.2) is 79.9 Å². The second-order valence-corrected chi connectivity index (χ2v) is 9.47. The topological polar surface area (TPSA) is 83.2 Å². The van der Waals surface area contributed by atoms with Crippen molar-refractivity contribution >= 4 is 11.6 Å². The van der Waals surface area contributed by atoms with Crippen molar-refractivity contribution in [1.82, 2.24) is 15.1 Å². The third-order valence-electron chi connectivity index (χ3n) is 7.06. The van der Waals surface area contributed by atoms with E-state index >= 15 is 0 Å². The molecule has 0 radical (unpaired) electrons. The summed E-state index contributed by atoms with van der Waals surface area (Å²) in [6.07, 6.45) is 5.67. The summed E-state index contributed by atoms with van der Waals surface area (Å²) in [7, 11) is 0. The fourth-order valence-electron chi connectivity index (χ4n) is 4.95. The smallest absolute Gasteiger partial charge is 0.270 e. The molecule has 2 heterocycles. The van der Waals surface area contributed by atoms with Crippen molar-refractivity contribution in [2.24, 2.45) is 10.7 Å². The first kappa shape index (κ1) is 24.8. The molecule has 2 aliphatic heterocycles. The van der Waals surface area contributed by atoms with Gasteiger partial charge in [-0.3, -0.25) is 14.7 Å². The number of nitrogens with two attached hydrogens (primary N) is 1. The zero-order valence-electron chi connectivity index (χ0n) is 20.1. The van der Waals surface area contributed by atoms with Gasteiger partial charge in [-0.15, -0.1) is 0 Å². The molecule has 8 heteroatoms. The zero-order chi connectivity index (χ0) is 23.8. The van der Waals surface area contributed by atoms with Crippen LogP contribution in [0.1, 0.15) is 44.1 Å². The first-order valence-corrected chi connectivity index (χ1v) is 12.7. The first-order valence-electron chi connectivity index (χ1n) is 12.7. The fraction of sp³-hybridized carbons (Fsp3) is 0.615. The standard InChI is InChI=1S/C26H38FN5O2/c27-21-6-4-20(5-7-21)19-30-22-8-9-24(29-10-13-31-14-16-34-17-15-31)23(18-22)25(28)26(33)32-11-2-1-3-12-32/h4-7,22,30H,1-3,8-19,28H2/b25-23-,29-24?. The molecule has 0 bridgehead atoms. The monoisotopic (exact) mass is 471 g/mol. The molecule has 7 nitrogen and oxygen atoms in total. The molecule has 3 N–H and O–H groups in total. The van der Waals surface area contributed by atoms with E-state index in [1.807, 2.05) is 4.90 Å². The predicted octanol–water partition coefficient (Wildman–Crippen LogP) is 2.47. The lowest BCUT2D eigenvalue weighted by Crippen LogP contribution is -2.41. The van der Waals surface area contributed by atoms with Crippen LogP contribution in [0.5, 0.6) is 0 Å². The van der Waals surface area contributed by atoms with Crippen molar-refractivity contribution in [2.75, 3.05) is 52.5 Å². The molecule has 1 unspecified atom stereocenters. The molecule has 1 atom stereocenters. The Bertz CT molecular complexity index is 874. The Labute approximate surface area is 202 Å². The quantitative estimate of drug-likeness (QED) is 0.597. The SMILES string of the molecule is N/C(C(=O)N1CCCCC1)=C1/CC(NCc2ccc(F)cc2)CCC1=NCCN1CCOCC1. The van der Waals surface area contributed by atoms with Gasteiger partial charge in [0.25, 0.3) is 5.91 Å². The zero-order valence-corrected chi connectivity index (χ0v) is 20.1. The van der Waals surface area contributed by atoms with Gasteiger partial charge in [0.05, 0.1) is 19.8 Å². The summed E-state index contributed by atoms with van der Waals surface area (Å²) in [4.78, 5) is 22.4. The fourth-order valence-corrected chi connectivity index (χ4v) is 4.95.